The van der Waals surface area contributed by atoms with Gasteiger partial charge >= 0.3 is 0 Å². The Bertz CT molecular complexity index is 1050. The third kappa shape index (κ3) is 4.90. The topological polar surface area (TPSA) is 75.4 Å². The van der Waals surface area contributed by atoms with Crippen molar-refractivity contribution in [2.75, 3.05) is 7.05 Å². The lowest BCUT2D eigenvalue weighted by Gasteiger charge is -2.31. The second kappa shape index (κ2) is 9.39. The predicted molar refractivity (Wildman–Crippen MR) is 123 cm³/mol. The summed E-state index contributed by atoms with van der Waals surface area (Å²) in [6, 6.07) is 20.3. The van der Waals surface area contributed by atoms with Crippen LogP contribution in [0.4, 0.5) is 0 Å². The summed E-state index contributed by atoms with van der Waals surface area (Å²) in [7, 11) is 1.78. The molecule has 6 heteroatoms. The second-order valence-electron chi connectivity index (χ2n) is 8.67. The SMILES string of the molecule is C[C@@H](c1ccon1)N(C)C(=O)CC[C@@]1(Cc2ccc(-c3ccccc3)cc2)CCC(=O)N1. The van der Waals surface area contributed by atoms with E-state index < -0.39 is 0 Å². The Morgan fingerprint density at radius 3 is 2.47 bits per heavy atom. The number of nitrogens with zero attached hydrogens (tertiary/aromatic N) is 2. The molecular formula is C26H29N3O3. The minimum Gasteiger partial charge on any atom is -0.364 e. The average Bonchev–Trinajstić information content (AvgIpc) is 3.48. The van der Waals surface area contributed by atoms with Crippen LogP contribution >= 0.6 is 0 Å². The Kier molecular flexibility index (Phi) is 6.40. The molecule has 3 aromatic rings. The molecule has 1 aromatic heterocycles. The zero-order valence-corrected chi connectivity index (χ0v) is 18.6. The van der Waals surface area contributed by atoms with Gasteiger partial charge in [-0.2, -0.15) is 0 Å². The van der Waals surface area contributed by atoms with E-state index >= 15 is 0 Å². The number of carbonyl (C=O) groups excluding carboxylic acids is 2. The molecule has 4 rings (SSSR count). The number of rotatable bonds is 8. The Hall–Kier alpha value is -3.41. The summed E-state index contributed by atoms with van der Waals surface area (Å²) in [5.74, 6) is 0.0862. The summed E-state index contributed by atoms with van der Waals surface area (Å²) in [6.07, 6.45) is 4.43. The van der Waals surface area contributed by atoms with Gasteiger partial charge in [-0.15, -0.1) is 0 Å². The number of nitrogens with one attached hydrogen (secondary N) is 1. The van der Waals surface area contributed by atoms with Crippen molar-refractivity contribution in [1.82, 2.24) is 15.4 Å². The van der Waals surface area contributed by atoms with Crippen LogP contribution in [0.25, 0.3) is 11.1 Å². The molecule has 2 atom stereocenters. The molecule has 0 radical (unpaired) electrons. The first-order valence-electron chi connectivity index (χ1n) is 11.1. The highest BCUT2D eigenvalue weighted by atomic mass is 16.5. The zero-order valence-electron chi connectivity index (χ0n) is 18.6. The average molecular weight is 432 g/mol. The smallest absolute Gasteiger partial charge is 0.222 e. The molecule has 0 spiro atoms. The van der Waals surface area contributed by atoms with E-state index in [1.165, 1.54) is 11.8 Å². The van der Waals surface area contributed by atoms with Gasteiger partial charge in [-0.3, -0.25) is 9.59 Å². The van der Waals surface area contributed by atoms with Crippen molar-refractivity contribution >= 4 is 11.8 Å². The highest BCUT2D eigenvalue weighted by molar-refractivity contribution is 5.80. The lowest BCUT2D eigenvalue weighted by Crippen LogP contribution is -2.44. The highest BCUT2D eigenvalue weighted by Gasteiger charge is 2.38. The minimum absolute atomic E-state index is 0.0282. The molecule has 2 aromatic carbocycles. The van der Waals surface area contributed by atoms with Crippen LogP contribution in [0.2, 0.25) is 0 Å². The molecule has 2 amide bonds. The molecule has 166 valence electrons. The van der Waals surface area contributed by atoms with Crippen molar-refractivity contribution in [2.24, 2.45) is 0 Å². The maximum absolute atomic E-state index is 12.9. The number of amides is 2. The van der Waals surface area contributed by atoms with Gasteiger partial charge in [-0.05, 0) is 42.9 Å². The van der Waals surface area contributed by atoms with Gasteiger partial charge in [0.05, 0.1) is 6.04 Å². The van der Waals surface area contributed by atoms with E-state index in [1.54, 1.807) is 18.0 Å². The molecule has 2 heterocycles. The van der Waals surface area contributed by atoms with Crippen molar-refractivity contribution in [2.45, 2.75) is 50.6 Å². The van der Waals surface area contributed by atoms with Crippen molar-refractivity contribution in [3.05, 3.63) is 78.2 Å². The number of carbonyl (C=O) groups is 2. The molecular weight excluding hydrogens is 402 g/mol. The van der Waals surface area contributed by atoms with E-state index in [0.717, 1.165) is 23.2 Å². The molecule has 32 heavy (non-hydrogen) atoms. The Morgan fingerprint density at radius 1 is 1.12 bits per heavy atom. The first kappa shape index (κ1) is 21.8. The van der Waals surface area contributed by atoms with Gasteiger partial charge in [-0.25, -0.2) is 0 Å². The highest BCUT2D eigenvalue weighted by Crippen LogP contribution is 2.31. The summed E-state index contributed by atoms with van der Waals surface area (Å²) in [5.41, 5.74) is 3.83. The van der Waals surface area contributed by atoms with Crippen LogP contribution in [0, 0.1) is 0 Å². The standard InChI is InChI=1S/C26H29N3O3/c1-19(23-14-17-32-28-23)29(2)25(31)13-16-26(15-12-24(30)27-26)18-20-8-10-22(11-9-20)21-6-4-3-5-7-21/h3-11,14,17,19H,12-13,15-16,18H2,1-2H3,(H,27,30)/t19-,26+/m0/s1. The summed E-state index contributed by atoms with van der Waals surface area (Å²) in [4.78, 5) is 26.7. The van der Waals surface area contributed by atoms with E-state index in [4.69, 9.17) is 4.52 Å². The van der Waals surface area contributed by atoms with Crippen LogP contribution in [-0.4, -0.2) is 34.5 Å². The Morgan fingerprint density at radius 2 is 1.84 bits per heavy atom. The fourth-order valence-corrected chi connectivity index (χ4v) is 4.39. The maximum atomic E-state index is 12.9. The van der Waals surface area contributed by atoms with Gasteiger partial charge in [0.2, 0.25) is 11.8 Å². The molecule has 0 saturated carbocycles. The Balaban J connectivity index is 1.42. The Labute approximate surface area is 188 Å². The normalized spacial score (nSPS) is 18.9. The van der Waals surface area contributed by atoms with Gasteiger partial charge in [-0.1, -0.05) is 59.8 Å². The van der Waals surface area contributed by atoms with Crippen molar-refractivity contribution < 1.29 is 14.1 Å². The summed E-state index contributed by atoms with van der Waals surface area (Å²) < 4.78 is 4.90. The first-order chi connectivity index (χ1) is 15.5. The summed E-state index contributed by atoms with van der Waals surface area (Å²) in [6.45, 7) is 1.93. The molecule has 0 bridgehead atoms. The number of benzene rings is 2. The van der Waals surface area contributed by atoms with Crippen molar-refractivity contribution in [3.63, 3.8) is 0 Å². The van der Waals surface area contributed by atoms with Gasteiger partial charge in [0.1, 0.15) is 12.0 Å². The minimum atomic E-state index is -0.390. The van der Waals surface area contributed by atoms with Crippen LogP contribution in [0.5, 0.6) is 0 Å². The van der Waals surface area contributed by atoms with Crippen molar-refractivity contribution in [1.29, 1.82) is 0 Å². The molecule has 0 unspecified atom stereocenters. The number of aromatic nitrogens is 1. The molecule has 0 aliphatic carbocycles. The fraction of sp³-hybridized carbons (Fsp3) is 0.346. The third-order valence-electron chi connectivity index (χ3n) is 6.52. The van der Waals surface area contributed by atoms with Crippen LogP contribution < -0.4 is 5.32 Å². The third-order valence-corrected chi connectivity index (χ3v) is 6.52. The van der Waals surface area contributed by atoms with Gasteiger partial charge < -0.3 is 14.7 Å². The van der Waals surface area contributed by atoms with Crippen molar-refractivity contribution in [3.8, 4) is 11.1 Å². The second-order valence-corrected chi connectivity index (χ2v) is 8.67. The molecule has 1 aliphatic rings. The van der Waals surface area contributed by atoms with E-state index in [-0.39, 0.29) is 23.4 Å². The molecule has 1 saturated heterocycles. The maximum Gasteiger partial charge on any atom is 0.222 e. The zero-order chi connectivity index (χ0) is 22.6. The van der Waals surface area contributed by atoms with E-state index in [2.05, 4.69) is 46.9 Å². The van der Waals surface area contributed by atoms with E-state index in [0.29, 0.717) is 25.7 Å². The number of hydrogen-bond acceptors (Lipinski definition) is 4. The van der Waals surface area contributed by atoms with E-state index in [9.17, 15) is 9.59 Å². The van der Waals surface area contributed by atoms with Crippen LogP contribution in [0.15, 0.2) is 71.4 Å². The van der Waals surface area contributed by atoms with E-state index in [1.807, 2.05) is 25.1 Å². The fourth-order valence-electron chi connectivity index (χ4n) is 4.39. The van der Waals surface area contributed by atoms with Gasteiger partial charge in [0.15, 0.2) is 0 Å². The molecule has 1 aliphatic heterocycles. The molecule has 1 fully saturated rings. The van der Waals surface area contributed by atoms with Crippen LogP contribution in [0.3, 0.4) is 0 Å². The lowest BCUT2D eigenvalue weighted by molar-refractivity contribution is -0.132. The molecule has 6 nitrogen and oxygen atoms in total. The summed E-state index contributed by atoms with van der Waals surface area (Å²) in [5, 5.41) is 7.12. The monoisotopic (exact) mass is 431 g/mol. The quantitative estimate of drug-likeness (QED) is 0.568. The van der Waals surface area contributed by atoms with Gasteiger partial charge in [0.25, 0.3) is 0 Å². The first-order valence-corrected chi connectivity index (χ1v) is 11.1. The predicted octanol–water partition coefficient (Wildman–Crippen LogP) is 4.53. The number of hydrogen-bond donors (Lipinski definition) is 1. The van der Waals surface area contributed by atoms with Gasteiger partial charge in [0, 0.05) is 31.5 Å². The largest absolute Gasteiger partial charge is 0.364 e. The molecule has 1 N–H and O–H groups in total. The lowest BCUT2D eigenvalue weighted by atomic mass is 9.84. The van der Waals surface area contributed by atoms with Crippen LogP contribution in [-0.2, 0) is 16.0 Å². The van der Waals surface area contributed by atoms with Crippen LogP contribution in [0.1, 0.15) is 49.9 Å². The summed E-state index contributed by atoms with van der Waals surface area (Å²) >= 11 is 0.